The molecule has 1 heterocycles. The van der Waals surface area contributed by atoms with Gasteiger partial charge in [-0.15, -0.1) is 0 Å². The number of aryl methyl sites for hydroxylation is 1. The van der Waals surface area contributed by atoms with Crippen molar-refractivity contribution in [2.24, 2.45) is 0 Å². The summed E-state index contributed by atoms with van der Waals surface area (Å²) in [6, 6.07) is 8.81. The van der Waals surface area contributed by atoms with E-state index >= 15 is 0 Å². The molecule has 0 spiro atoms. The molecule has 1 aromatic carbocycles. The molecule has 2 aromatic rings. The Morgan fingerprint density at radius 3 is 2.63 bits per heavy atom. The Hall–Kier alpha value is -2.14. The third-order valence-corrected chi connectivity index (χ3v) is 2.95. The SMILES string of the molecule is CCc1ccc(C(CO)NC(=O)c2ccon2)cc1. The molecule has 0 aliphatic carbocycles. The molecule has 0 radical (unpaired) electrons. The molecule has 0 fully saturated rings. The topological polar surface area (TPSA) is 75.4 Å². The maximum Gasteiger partial charge on any atom is 0.274 e. The number of carbonyl (C=O) groups is 1. The summed E-state index contributed by atoms with van der Waals surface area (Å²) >= 11 is 0. The van der Waals surface area contributed by atoms with Crippen LogP contribution in [-0.4, -0.2) is 22.8 Å². The van der Waals surface area contributed by atoms with Gasteiger partial charge in [0, 0.05) is 6.07 Å². The predicted octanol–water partition coefficient (Wildman–Crippen LogP) is 1.70. The van der Waals surface area contributed by atoms with Crippen LogP contribution >= 0.6 is 0 Å². The zero-order chi connectivity index (χ0) is 13.7. The van der Waals surface area contributed by atoms with E-state index in [1.807, 2.05) is 24.3 Å². The van der Waals surface area contributed by atoms with Crippen LogP contribution < -0.4 is 5.32 Å². The van der Waals surface area contributed by atoms with E-state index in [9.17, 15) is 9.90 Å². The van der Waals surface area contributed by atoms with Gasteiger partial charge in [-0.3, -0.25) is 4.79 Å². The smallest absolute Gasteiger partial charge is 0.274 e. The van der Waals surface area contributed by atoms with Gasteiger partial charge in [0.1, 0.15) is 6.26 Å². The lowest BCUT2D eigenvalue weighted by Gasteiger charge is -2.16. The number of rotatable bonds is 5. The fourth-order valence-corrected chi connectivity index (χ4v) is 1.78. The number of hydrogen-bond donors (Lipinski definition) is 2. The Morgan fingerprint density at radius 1 is 1.37 bits per heavy atom. The molecular weight excluding hydrogens is 244 g/mol. The Labute approximate surface area is 111 Å². The van der Waals surface area contributed by atoms with Gasteiger partial charge in [-0.2, -0.15) is 0 Å². The Kier molecular flexibility index (Phi) is 4.30. The molecule has 1 atom stereocenters. The van der Waals surface area contributed by atoms with Crippen LogP contribution in [0.1, 0.15) is 34.6 Å². The molecule has 0 aliphatic rings. The molecule has 0 saturated carbocycles. The fourth-order valence-electron chi connectivity index (χ4n) is 1.78. The number of aliphatic hydroxyl groups excluding tert-OH is 1. The van der Waals surface area contributed by atoms with Gasteiger partial charge in [-0.1, -0.05) is 36.3 Å². The zero-order valence-corrected chi connectivity index (χ0v) is 10.7. The van der Waals surface area contributed by atoms with E-state index in [-0.39, 0.29) is 18.2 Å². The zero-order valence-electron chi connectivity index (χ0n) is 10.7. The summed E-state index contributed by atoms with van der Waals surface area (Å²) in [7, 11) is 0. The average molecular weight is 260 g/mol. The number of hydrogen-bond acceptors (Lipinski definition) is 4. The molecule has 2 N–H and O–H groups in total. The number of nitrogens with zero attached hydrogens (tertiary/aromatic N) is 1. The molecule has 19 heavy (non-hydrogen) atoms. The van der Waals surface area contributed by atoms with Crippen LogP contribution in [0, 0.1) is 0 Å². The molecule has 0 aliphatic heterocycles. The van der Waals surface area contributed by atoms with E-state index in [4.69, 9.17) is 0 Å². The number of carbonyl (C=O) groups excluding carboxylic acids is 1. The van der Waals surface area contributed by atoms with Gasteiger partial charge in [-0.05, 0) is 17.5 Å². The molecule has 0 bridgehead atoms. The molecular formula is C14H16N2O3. The third-order valence-electron chi connectivity index (χ3n) is 2.95. The molecule has 100 valence electrons. The number of aromatic nitrogens is 1. The first-order valence-electron chi connectivity index (χ1n) is 6.15. The first-order chi connectivity index (χ1) is 9.24. The fraction of sp³-hybridized carbons (Fsp3) is 0.286. The van der Waals surface area contributed by atoms with Crippen molar-refractivity contribution in [1.82, 2.24) is 10.5 Å². The van der Waals surface area contributed by atoms with E-state index in [0.29, 0.717) is 0 Å². The van der Waals surface area contributed by atoms with Crippen LogP contribution in [0.4, 0.5) is 0 Å². The molecule has 1 unspecified atom stereocenters. The standard InChI is InChI=1S/C14H16N2O3/c1-2-10-3-5-11(6-4-10)13(9-17)15-14(18)12-7-8-19-16-12/h3-8,13,17H,2,9H2,1H3,(H,15,18). The van der Waals surface area contributed by atoms with Gasteiger partial charge in [0.25, 0.3) is 5.91 Å². The van der Waals surface area contributed by atoms with Gasteiger partial charge in [0.2, 0.25) is 0 Å². The summed E-state index contributed by atoms with van der Waals surface area (Å²) < 4.78 is 4.61. The maximum atomic E-state index is 11.8. The van der Waals surface area contributed by atoms with Crippen molar-refractivity contribution in [1.29, 1.82) is 0 Å². The van der Waals surface area contributed by atoms with Gasteiger partial charge >= 0.3 is 0 Å². The minimum atomic E-state index is -0.449. The lowest BCUT2D eigenvalue weighted by atomic mass is 10.0. The Balaban J connectivity index is 2.09. The highest BCUT2D eigenvalue weighted by Gasteiger charge is 2.16. The molecule has 1 amide bonds. The summed E-state index contributed by atoms with van der Waals surface area (Å²) in [6.45, 7) is 1.90. The van der Waals surface area contributed by atoms with Crippen LogP contribution in [0.5, 0.6) is 0 Å². The van der Waals surface area contributed by atoms with Gasteiger partial charge in [-0.25, -0.2) is 0 Å². The number of benzene rings is 1. The van der Waals surface area contributed by atoms with Crippen LogP contribution in [0.25, 0.3) is 0 Å². The molecule has 5 heteroatoms. The summed E-state index contributed by atoms with van der Waals surface area (Å²) in [5.41, 5.74) is 2.27. The molecule has 5 nitrogen and oxygen atoms in total. The van der Waals surface area contributed by atoms with Gasteiger partial charge in [0.15, 0.2) is 5.69 Å². The van der Waals surface area contributed by atoms with Gasteiger partial charge in [0.05, 0.1) is 12.6 Å². The number of nitrogens with one attached hydrogen (secondary N) is 1. The summed E-state index contributed by atoms with van der Waals surface area (Å²) in [4.78, 5) is 11.8. The van der Waals surface area contributed by atoms with E-state index in [2.05, 4.69) is 21.9 Å². The van der Waals surface area contributed by atoms with Crippen LogP contribution in [0.2, 0.25) is 0 Å². The molecule has 2 rings (SSSR count). The number of aliphatic hydroxyl groups is 1. The van der Waals surface area contributed by atoms with E-state index in [1.54, 1.807) is 0 Å². The average Bonchev–Trinajstić information content (AvgIpc) is 2.99. The van der Waals surface area contributed by atoms with Crippen LogP contribution in [0.3, 0.4) is 0 Å². The third kappa shape index (κ3) is 3.20. The van der Waals surface area contributed by atoms with Gasteiger partial charge < -0.3 is 14.9 Å². The van der Waals surface area contributed by atoms with Crippen molar-refractivity contribution >= 4 is 5.91 Å². The monoisotopic (exact) mass is 260 g/mol. The highest BCUT2D eigenvalue weighted by molar-refractivity contribution is 5.92. The van der Waals surface area contributed by atoms with Crippen molar-refractivity contribution in [2.75, 3.05) is 6.61 Å². The van der Waals surface area contributed by atoms with Crippen molar-refractivity contribution in [2.45, 2.75) is 19.4 Å². The van der Waals surface area contributed by atoms with Crippen molar-refractivity contribution < 1.29 is 14.4 Å². The summed E-state index contributed by atoms with van der Waals surface area (Å²) in [5.74, 6) is -0.368. The summed E-state index contributed by atoms with van der Waals surface area (Å²) in [5, 5.41) is 15.7. The van der Waals surface area contributed by atoms with Crippen LogP contribution in [-0.2, 0) is 6.42 Å². The Morgan fingerprint density at radius 2 is 2.11 bits per heavy atom. The lowest BCUT2D eigenvalue weighted by molar-refractivity contribution is 0.0907. The second kappa shape index (κ2) is 6.15. The predicted molar refractivity (Wildman–Crippen MR) is 69.6 cm³/mol. The van der Waals surface area contributed by atoms with E-state index in [1.165, 1.54) is 17.9 Å². The first kappa shape index (κ1) is 13.3. The minimum absolute atomic E-state index is 0.172. The minimum Gasteiger partial charge on any atom is -0.394 e. The quantitative estimate of drug-likeness (QED) is 0.858. The molecule has 1 aromatic heterocycles. The second-order valence-electron chi connectivity index (χ2n) is 4.19. The first-order valence-corrected chi connectivity index (χ1v) is 6.15. The van der Waals surface area contributed by atoms with Crippen LogP contribution in [0.15, 0.2) is 41.1 Å². The van der Waals surface area contributed by atoms with Crippen molar-refractivity contribution in [3.8, 4) is 0 Å². The summed E-state index contributed by atoms with van der Waals surface area (Å²) in [6.07, 6.45) is 2.29. The second-order valence-corrected chi connectivity index (χ2v) is 4.19. The van der Waals surface area contributed by atoms with Crippen molar-refractivity contribution in [3.05, 3.63) is 53.4 Å². The maximum absolute atomic E-state index is 11.8. The normalized spacial score (nSPS) is 12.1. The highest BCUT2D eigenvalue weighted by Crippen LogP contribution is 2.14. The largest absolute Gasteiger partial charge is 0.394 e. The Bertz CT molecular complexity index is 520. The van der Waals surface area contributed by atoms with Crippen molar-refractivity contribution in [3.63, 3.8) is 0 Å². The lowest BCUT2D eigenvalue weighted by Crippen LogP contribution is -2.31. The molecule has 0 saturated heterocycles. The van der Waals surface area contributed by atoms with E-state index in [0.717, 1.165) is 12.0 Å². The highest BCUT2D eigenvalue weighted by atomic mass is 16.5. The van der Waals surface area contributed by atoms with E-state index < -0.39 is 6.04 Å². The number of amides is 1.